The molecule has 1 fully saturated rings. The molecule has 1 heterocycles. The second-order valence-electron chi connectivity index (χ2n) is 6.55. The number of rotatable bonds is 5. The second-order valence-corrected chi connectivity index (χ2v) is 7.47. The fourth-order valence-corrected chi connectivity index (χ4v) is 3.04. The maximum absolute atomic E-state index is 12.1. The first kappa shape index (κ1) is 19.9. The van der Waals surface area contributed by atoms with Gasteiger partial charge in [0, 0.05) is 23.9 Å². The van der Waals surface area contributed by atoms with Gasteiger partial charge in [0.25, 0.3) is 5.79 Å². The van der Waals surface area contributed by atoms with Crippen LogP contribution in [0.5, 0.6) is 11.5 Å². The molecule has 0 aromatic heterocycles. The van der Waals surface area contributed by atoms with E-state index in [9.17, 15) is 9.59 Å². The topological polar surface area (TPSA) is 71.1 Å². The number of ether oxygens (including phenoxy) is 4. The summed E-state index contributed by atoms with van der Waals surface area (Å²) in [6.07, 6.45) is 1.43. The van der Waals surface area contributed by atoms with E-state index < -0.39 is 17.7 Å². The minimum atomic E-state index is -1.27. The third-order valence-corrected chi connectivity index (χ3v) is 4.42. The van der Waals surface area contributed by atoms with Crippen LogP contribution in [0.3, 0.4) is 0 Å². The van der Waals surface area contributed by atoms with Crippen LogP contribution in [0.1, 0.15) is 25.0 Å². The highest BCUT2D eigenvalue weighted by Crippen LogP contribution is 2.27. The van der Waals surface area contributed by atoms with Gasteiger partial charge in [0.2, 0.25) is 0 Å². The lowest BCUT2D eigenvalue weighted by Gasteiger charge is -2.29. The Hall–Kier alpha value is -2.80. The van der Waals surface area contributed by atoms with Gasteiger partial charge in [-0.15, -0.1) is 0 Å². The van der Waals surface area contributed by atoms with E-state index in [0.29, 0.717) is 17.1 Å². The fraction of sp³-hybridized carbons (Fsp3) is 0.238. The molecule has 0 bridgehead atoms. The summed E-state index contributed by atoms with van der Waals surface area (Å²) in [5, 5.41) is 0. The first-order valence-corrected chi connectivity index (χ1v) is 9.30. The van der Waals surface area contributed by atoms with Crippen molar-refractivity contribution in [2.75, 3.05) is 7.11 Å². The molecular formula is C21H19BrO6. The van der Waals surface area contributed by atoms with E-state index >= 15 is 0 Å². The molecule has 3 rings (SSSR count). The van der Waals surface area contributed by atoms with Crippen molar-refractivity contribution >= 4 is 33.9 Å². The van der Waals surface area contributed by atoms with Crippen molar-refractivity contribution in [3.63, 3.8) is 0 Å². The van der Waals surface area contributed by atoms with Crippen LogP contribution in [0, 0.1) is 0 Å². The number of hydrogen-bond donors (Lipinski definition) is 0. The Morgan fingerprint density at radius 1 is 1.07 bits per heavy atom. The maximum Gasteiger partial charge on any atom is 0.348 e. The molecule has 28 heavy (non-hydrogen) atoms. The summed E-state index contributed by atoms with van der Waals surface area (Å²) >= 11 is 3.40. The van der Waals surface area contributed by atoms with Crippen LogP contribution >= 0.6 is 15.9 Å². The highest BCUT2D eigenvalue weighted by Gasteiger charge is 2.38. The Labute approximate surface area is 171 Å². The van der Waals surface area contributed by atoms with Crippen LogP contribution in [-0.4, -0.2) is 24.8 Å². The van der Waals surface area contributed by atoms with Gasteiger partial charge < -0.3 is 18.9 Å². The van der Waals surface area contributed by atoms with E-state index in [2.05, 4.69) is 15.9 Å². The molecule has 7 heteroatoms. The monoisotopic (exact) mass is 446 g/mol. The normalized spacial score (nSPS) is 15.5. The van der Waals surface area contributed by atoms with Crippen molar-refractivity contribution in [2.24, 2.45) is 0 Å². The largest absolute Gasteiger partial charge is 0.496 e. The number of benzene rings is 2. The van der Waals surface area contributed by atoms with Crippen LogP contribution in [0.25, 0.3) is 6.08 Å². The highest BCUT2D eigenvalue weighted by atomic mass is 79.9. The number of methoxy groups -OCH3 is 1. The second kappa shape index (κ2) is 8.06. The SMILES string of the molecule is COc1ccc(C=C2C(=O)OC(C)(C)OC2=O)cc1COc1cccc(Br)c1. The van der Waals surface area contributed by atoms with Crippen LogP contribution in [0.15, 0.2) is 52.5 Å². The lowest BCUT2D eigenvalue weighted by Crippen LogP contribution is -2.41. The number of halogens is 1. The zero-order valence-electron chi connectivity index (χ0n) is 15.7. The van der Waals surface area contributed by atoms with Gasteiger partial charge in [-0.3, -0.25) is 0 Å². The number of carbonyl (C=O) groups excluding carboxylic acids is 2. The van der Waals surface area contributed by atoms with E-state index in [0.717, 1.165) is 10.0 Å². The predicted molar refractivity (Wildman–Crippen MR) is 106 cm³/mol. The molecule has 1 aliphatic rings. The summed E-state index contributed by atoms with van der Waals surface area (Å²) in [5.74, 6) is -1.38. The summed E-state index contributed by atoms with van der Waals surface area (Å²) in [4.78, 5) is 24.3. The van der Waals surface area contributed by atoms with Crippen LogP contribution in [0.4, 0.5) is 0 Å². The van der Waals surface area contributed by atoms with Crippen molar-refractivity contribution in [2.45, 2.75) is 26.2 Å². The molecule has 0 amide bonds. The average molecular weight is 447 g/mol. The average Bonchev–Trinajstić information content (AvgIpc) is 2.62. The molecule has 1 saturated heterocycles. The molecule has 2 aromatic carbocycles. The quantitative estimate of drug-likeness (QED) is 0.388. The Morgan fingerprint density at radius 3 is 2.43 bits per heavy atom. The van der Waals surface area contributed by atoms with E-state index in [1.54, 1.807) is 25.3 Å². The van der Waals surface area contributed by atoms with Crippen molar-refractivity contribution in [1.82, 2.24) is 0 Å². The number of hydrogen-bond acceptors (Lipinski definition) is 6. The van der Waals surface area contributed by atoms with Crippen molar-refractivity contribution < 1.29 is 28.5 Å². The van der Waals surface area contributed by atoms with Gasteiger partial charge in [0.1, 0.15) is 23.7 Å². The highest BCUT2D eigenvalue weighted by molar-refractivity contribution is 9.10. The van der Waals surface area contributed by atoms with Gasteiger partial charge in [-0.1, -0.05) is 28.1 Å². The number of cyclic esters (lactones) is 2. The van der Waals surface area contributed by atoms with E-state index in [-0.39, 0.29) is 12.2 Å². The smallest absolute Gasteiger partial charge is 0.348 e. The summed E-state index contributed by atoms with van der Waals surface area (Å²) in [5.41, 5.74) is 1.22. The zero-order valence-corrected chi connectivity index (χ0v) is 17.2. The lowest BCUT2D eigenvalue weighted by molar-refractivity contribution is -0.222. The summed E-state index contributed by atoms with van der Waals surface area (Å²) < 4.78 is 22.3. The third kappa shape index (κ3) is 4.72. The Balaban J connectivity index is 1.84. The molecule has 146 valence electrons. The van der Waals surface area contributed by atoms with Crippen molar-refractivity contribution in [3.05, 3.63) is 63.6 Å². The molecule has 6 nitrogen and oxygen atoms in total. The summed E-state index contributed by atoms with van der Waals surface area (Å²) in [7, 11) is 1.56. The molecule has 0 atom stereocenters. The van der Waals surface area contributed by atoms with Gasteiger partial charge in [0.05, 0.1) is 7.11 Å². The molecule has 0 aliphatic carbocycles. The van der Waals surface area contributed by atoms with Gasteiger partial charge in [-0.2, -0.15) is 0 Å². The van der Waals surface area contributed by atoms with Gasteiger partial charge in [-0.25, -0.2) is 9.59 Å². The summed E-state index contributed by atoms with van der Waals surface area (Å²) in [6.45, 7) is 3.26. The van der Waals surface area contributed by atoms with Crippen LogP contribution in [0.2, 0.25) is 0 Å². The van der Waals surface area contributed by atoms with Crippen molar-refractivity contribution in [1.29, 1.82) is 0 Å². The van der Waals surface area contributed by atoms with Gasteiger partial charge in [0.15, 0.2) is 0 Å². The Kier molecular flexibility index (Phi) is 5.74. The number of esters is 2. The Bertz CT molecular complexity index is 926. The minimum absolute atomic E-state index is 0.164. The van der Waals surface area contributed by atoms with Crippen molar-refractivity contribution in [3.8, 4) is 11.5 Å². The maximum atomic E-state index is 12.1. The van der Waals surface area contributed by atoms with E-state index in [1.807, 2.05) is 24.3 Å². The van der Waals surface area contributed by atoms with Gasteiger partial charge in [-0.05, 0) is 42.0 Å². The Morgan fingerprint density at radius 2 is 1.79 bits per heavy atom. The first-order chi connectivity index (χ1) is 13.3. The minimum Gasteiger partial charge on any atom is -0.496 e. The lowest BCUT2D eigenvalue weighted by atomic mass is 10.1. The standard InChI is InChI=1S/C21H19BrO6/c1-21(2)27-19(23)17(20(24)28-21)10-13-7-8-18(25-3)14(9-13)12-26-16-6-4-5-15(22)11-16/h4-11H,12H2,1-3H3. The van der Waals surface area contributed by atoms with Crippen LogP contribution in [-0.2, 0) is 25.7 Å². The van der Waals surface area contributed by atoms with E-state index in [4.69, 9.17) is 18.9 Å². The molecule has 0 spiro atoms. The first-order valence-electron chi connectivity index (χ1n) is 8.51. The molecule has 2 aromatic rings. The summed E-state index contributed by atoms with van der Waals surface area (Å²) in [6, 6.07) is 12.7. The molecule has 0 N–H and O–H groups in total. The zero-order chi connectivity index (χ0) is 20.3. The fourth-order valence-electron chi connectivity index (χ4n) is 2.66. The number of carbonyl (C=O) groups is 2. The van der Waals surface area contributed by atoms with Crippen LogP contribution < -0.4 is 9.47 Å². The third-order valence-electron chi connectivity index (χ3n) is 3.92. The molecular weight excluding hydrogens is 428 g/mol. The molecule has 1 aliphatic heterocycles. The van der Waals surface area contributed by atoms with Gasteiger partial charge >= 0.3 is 11.9 Å². The van der Waals surface area contributed by atoms with E-state index in [1.165, 1.54) is 19.9 Å². The molecule has 0 saturated carbocycles. The predicted octanol–water partition coefficient (Wildman–Crippen LogP) is 4.26. The molecule has 0 unspecified atom stereocenters. The molecule has 0 radical (unpaired) electrons.